The molecule has 1 aliphatic heterocycles. The molecular formula is C19H21N5O2. The molecule has 0 aliphatic carbocycles. The quantitative estimate of drug-likeness (QED) is 0.578. The summed E-state index contributed by atoms with van der Waals surface area (Å²) in [5.41, 5.74) is 4.76. The van der Waals surface area contributed by atoms with Gasteiger partial charge in [-0.2, -0.15) is 0 Å². The van der Waals surface area contributed by atoms with E-state index >= 15 is 0 Å². The van der Waals surface area contributed by atoms with Crippen molar-refractivity contribution < 1.29 is 4.92 Å². The number of nitro benzene ring substituents is 1. The number of aryl methyl sites for hydroxylation is 1. The van der Waals surface area contributed by atoms with Crippen LogP contribution in [0.15, 0.2) is 42.6 Å². The van der Waals surface area contributed by atoms with Gasteiger partial charge >= 0.3 is 0 Å². The van der Waals surface area contributed by atoms with Gasteiger partial charge in [0.1, 0.15) is 5.65 Å². The lowest BCUT2D eigenvalue weighted by Crippen LogP contribution is -2.43. The molecule has 0 atom stereocenters. The molecule has 3 aromatic rings. The molecule has 1 N–H and O–H groups in total. The predicted molar refractivity (Wildman–Crippen MR) is 100 cm³/mol. The number of rotatable bonds is 4. The molecule has 26 heavy (non-hydrogen) atoms. The number of nitrogens with one attached hydrogen (secondary N) is 1. The maximum absolute atomic E-state index is 11.2. The molecular weight excluding hydrogens is 330 g/mol. The Kier molecular flexibility index (Phi) is 4.40. The summed E-state index contributed by atoms with van der Waals surface area (Å²) in [5, 5.41) is 14.5. The highest BCUT2D eigenvalue weighted by atomic mass is 16.6. The van der Waals surface area contributed by atoms with Crippen molar-refractivity contribution in [1.82, 2.24) is 19.6 Å². The molecule has 1 aliphatic rings. The van der Waals surface area contributed by atoms with Gasteiger partial charge in [0.2, 0.25) is 0 Å². The molecule has 3 heterocycles. The lowest BCUT2D eigenvalue weighted by molar-refractivity contribution is -0.384. The summed E-state index contributed by atoms with van der Waals surface area (Å²) in [6.07, 6.45) is 2.02. The topological polar surface area (TPSA) is 75.7 Å². The number of nitrogens with zero attached hydrogens (tertiary/aromatic N) is 4. The van der Waals surface area contributed by atoms with Crippen LogP contribution < -0.4 is 5.32 Å². The monoisotopic (exact) mass is 351 g/mol. The molecule has 1 saturated heterocycles. The minimum absolute atomic E-state index is 0.0874. The third-order valence-electron chi connectivity index (χ3n) is 4.86. The van der Waals surface area contributed by atoms with Gasteiger partial charge in [-0.15, -0.1) is 0 Å². The van der Waals surface area contributed by atoms with Crippen molar-refractivity contribution >= 4 is 11.3 Å². The van der Waals surface area contributed by atoms with Gasteiger partial charge in [0.15, 0.2) is 0 Å². The van der Waals surface area contributed by atoms with Crippen LogP contribution in [0.1, 0.15) is 11.3 Å². The molecule has 1 fully saturated rings. The van der Waals surface area contributed by atoms with Crippen molar-refractivity contribution in [2.24, 2.45) is 0 Å². The SMILES string of the molecule is Cc1cccn2c(CN3CCNCC3)c(-c3cccc([N+](=O)[O-])c3)nc12. The van der Waals surface area contributed by atoms with E-state index in [0.717, 1.165) is 60.9 Å². The molecule has 0 radical (unpaired) electrons. The molecule has 7 heteroatoms. The van der Waals surface area contributed by atoms with Gasteiger partial charge in [-0.05, 0) is 18.6 Å². The second kappa shape index (κ2) is 6.86. The highest BCUT2D eigenvalue weighted by Gasteiger charge is 2.20. The Balaban J connectivity index is 1.84. The summed E-state index contributed by atoms with van der Waals surface area (Å²) < 4.78 is 2.12. The summed E-state index contributed by atoms with van der Waals surface area (Å²) in [4.78, 5) is 18.1. The summed E-state index contributed by atoms with van der Waals surface area (Å²) >= 11 is 0. The Hall–Kier alpha value is -2.77. The zero-order valence-corrected chi connectivity index (χ0v) is 14.7. The maximum atomic E-state index is 11.2. The number of nitro groups is 1. The number of aromatic nitrogens is 2. The summed E-state index contributed by atoms with van der Waals surface area (Å²) in [6, 6.07) is 10.8. The number of imidazole rings is 1. The minimum Gasteiger partial charge on any atom is -0.314 e. The number of hydrogen-bond donors (Lipinski definition) is 1. The van der Waals surface area contributed by atoms with Gasteiger partial charge in [0.25, 0.3) is 5.69 Å². The third-order valence-corrected chi connectivity index (χ3v) is 4.86. The van der Waals surface area contributed by atoms with Crippen LogP contribution in [0.4, 0.5) is 5.69 Å². The van der Waals surface area contributed by atoms with Gasteiger partial charge in [0.05, 0.1) is 16.3 Å². The van der Waals surface area contributed by atoms with Crippen LogP contribution >= 0.6 is 0 Å². The number of benzene rings is 1. The fourth-order valence-corrected chi connectivity index (χ4v) is 3.48. The fourth-order valence-electron chi connectivity index (χ4n) is 3.48. The van der Waals surface area contributed by atoms with E-state index in [0.29, 0.717) is 0 Å². The highest BCUT2D eigenvalue weighted by molar-refractivity contribution is 5.69. The first-order valence-corrected chi connectivity index (χ1v) is 8.78. The van der Waals surface area contributed by atoms with Gasteiger partial charge in [-0.25, -0.2) is 4.98 Å². The smallest absolute Gasteiger partial charge is 0.270 e. The van der Waals surface area contributed by atoms with Crippen LogP contribution in [0.2, 0.25) is 0 Å². The molecule has 4 rings (SSSR count). The second-order valence-corrected chi connectivity index (χ2v) is 6.63. The number of pyridine rings is 1. The standard InChI is InChI=1S/C19H21N5O2/c1-14-4-3-9-23-17(13-22-10-7-20-8-11-22)18(21-19(14)23)15-5-2-6-16(12-15)24(25)26/h2-6,9,12,20H,7-8,10-11,13H2,1H3. The molecule has 134 valence electrons. The average Bonchev–Trinajstić information content (AvgIpc) is 3.03. The Bertz CT molecular complexity index is 960. The Morgan fingerprint density at radius 1 is 1.23 bits per heavy atom. The molecule has 2 aromatic heterocycles. The first kappa shape index (κ1) is 16.7. The molecule has 0 saturated carbocycles. The highest BCUT2D eigenvalue weighted by Crippen LogP contribution is 2.29. The van der Waals surface area contributed by atoms with Crippen LogP contribution in [0.25, 0.3) is 16.9 Å². The molecule has 0 bridgehead atoms. The first-order valence-electron chi connectivity index (χ1n) is 8.78. The van der Waals surface area contributed by atoms with Crippen LogP contribution in [0.3, 0.4) is 0 Å². The summed E-state index contributed by atoms with van der Waals surface area (Å²) in [7, 11) is 0. The molecule has 0 spiro atoms. The van der Waals surface area contributed by atoms with Crippen molar-refractivity contribution in [2.45, 2.75) is 13.5 Å². The Labute approximate surface area is 151 Å². The van der Waals surface area contributed by atoms with E-state index in [2.05, 4.69) is 14.6 Å². The minimum atomic E-state index is -0.361. The van der Waals surface area contributed by atoms with E-state index < -0.39 is 0 Å². The normalized spacial score (nSPS) is 15.4. The van der Waals surface area contributed by atoms with Crippen LogP contribution in [0.5, 0.6) is 0 Å². The predicted octanol–water partition coefficient (Wildman–Crippen LogP) is 2.62. The van der Waals surface area contributed by atoms with Crippen molar-refractivity contribution in [3.8, 4) is 11.3 Å². The van der Waals surface area contributed by atoms with Crippen LogP contribution in [0, 0.1) is 17.0 Å². The van der Waals surface area contributed by atoms with Crippen molar-refractivity contribution in [3.63, 3.8) is 0 Å². The molecule has 1 aromatic carbocycles. The van der Waals surface area contributed by atoms with Gasteiger partial charge in [-0.1, -0.05) is 18.2 Å². The van der Waals surface area contributed by atoms with Crippen molar-refractivity contribution in [3.05, 3.63) is 64.0 Å². The van der Waals surface area contributed by atoms with Crippen molar-refractivity contribution in [1.29, 1.82) is 0 Å². The Morgan fingerprint density at radius 2 is 2.04 bits per heavy atom. The number of hydrogen-bond acceptors (Lipinski definition) is 5. The zero-order chi connectivity index (χ0) is 18.1. The Morgan fingerprint density at radius 3 is 2.81 bits per heavy atom. The molecule has 7 nitrogen and oxygen atoms in total. The third kappa shape index (κ3) is 3.07. The van der Waals surface area contributed by atoms with E-state index in [1.807, 2.05) is 31.3 Å². The van der Waals surface area contributed by atoms with E-state index in [4.69, 9.17) is 4.98 Å². The summed E-state index contributed by atoms with van der Waals surface area (Å²) in [5.74, 6) is 0. The van der Waals surface area contributed by atoms with Gasteiger partial charge in [0, 0.05) is 56.6 Å². The second-order valence-electron chi connectivity index (χ2n) is 6.63. The van der Waals surface area contributed by atoms with E-state index in [9.17, 15) is 10.1 Å². The van der Waals surface area contributed by atoms with E-state index in [1.165, 1.54) is 6.07 Å². The molecule has 0 unspecified atom stereocenters. The van der Waals surface area contributed by atoms with E-state index in [-0.39, 0.29) is 10.6 Å². The lowest BCUT2D eigenvalue weighted by atomic mass is 10.1. The largest absolute Gasteiger partial charge is 0.314 e. The van der Waals surface area contributed by atoms with E-state index in [1.54, 1.807) is 12.1 Å². The van der Waals surface area contributed by atoms with Crippen LogP contribution in [-0.2, 0) is 6.54 Å². The lowest BCUT2D eigenvalue weighted by Gasteiger charge is -2.27. The number of fused-ring (bicyclic) bond motifs is 1. The number of non-ortho nitro benzene ring substituents is 1. The fraction of sp³-hybridized carbons (Fsp3) is 0.316. The van der Waals surface area contributed by atoms with Crippen LogP contribution in [-0.4, -0.2) is 45.4 Å². The first-order chi connectivity index (χ1) is 12.6. The maximum Gasteiger partial charge on any atom is 0.270 e. The summed E-state index contributed by atoms with van der Waals surface area (Å²) in [6.45, 7) is 6.71. The average molecular weight is 351 g/mol. The number of piperazine rings is 1. The molecule has 0 amide bonds. The van der Waals surface area contributed by atoms with Crippen molar-refractivity contribution in [2.75, 3.05) is 26.2 Å². The van der Waals surface area contributed by atoms with Gasteiger partial charge < -0.3 is 9.72 Å². The zero-order valence-electron chi connectivity index (χ0n) is 14.7. The van der Waals surface area contributed by atoms with Gasteiger partial charge in [-0.3, -0.25) is 15.0 Å².